The molecule has 1 amide bonds. The number of aromatic hydroxyl groups is 1. The van der Waals surface area contributed by atoms with E-state index in [1.165, 1.54) is 17.7 Å². The average Bonchev–Trinajstić information content (AvgIpc) is 3.29. The maximum absolute atomic E-state index is 14.5. The van der Waals surface area contributed by atoms with E-state index in [1.807, 2.05) is 6.07 Å². The van der Waals surface area contributed by atoms with Crippen LogP contribution in [0.5, 0.6) is 5.75 Å². The van der Waals surface area contributed by atoms with Crippen molar-refractivity contribution in [3.05, 3.63) is 66.1 Å². The van der Waals surface area contributed by atoms with Gasteiger partial charge in [-0.15, -0.1) is 0 Å². The molecule has 204 valence electrons. The molecule has 0 saturated heterocycles. The van der Waals surface area contributed by atoms with Crippen LogP contribution in [0.2, 0.25) is 0 Å². The van der Waals surface area contributed by atoms with Crippen LogP contribution >= 0.6 is 0 Å². The number of amides is 1. The molecule has 4 N–H and O–H groups in total. The molecule has 0 aliphatic heterocycles. The molecular formula is C27H29F2N7O3. The molecule has 1 fully saturated rings. The second-order valence-electron chi connectivity index (χ2n) is 9.89. The van der Waals surface area contributed by atoms with Gasteiger partial charge in [0.2, 0.25) is 5.95 Å². The van der Waals surface area contributed by atoms with Gasteiger partial charge in [-0.05, 0) is 48.4 Å². The third-order valence-corrected chi connectivity index (χ3v) is 7.35. The third-order valence-electron chi connectivity index (χ3n) is 7.35. The number of rotatable bonds is 5. The Kier molecular flexibility index (Phi) is 7.04. The maximum Gasteiger partial charge on any atom is 0.409 e. The van der Waals surface area contributed by atoms with E-state index >= 15 is 0 Å². The lowest BCUT2D eigenvalue weighted by Gasteiger charge is -2.43. The van der Waals surface area contributed by atoms with Crippen molar-refractivity contribution in [2.45, 2.75) is 37.8 Å². The molecule has 39 heavy (non-hydrogen) atoms. The Morgan fingerprint density at radius 1 is 1.21 bits per heavy atom. The van der Waals surface area contributed by atoms with Crippen LogP contribution in [-0.4, -0.2) is 61.9 Å². The third kappa shape index (κ3) is 4.94. The van der Waals surface area contributed by atoms with Crippen molar-refractivity contribution in [1.29, 1.82) is 0 Å². The number of phenolic OH excluding ortho intramolecular Hbond substituents is 1. The van der Waals surface area contributed by atoms with Crippen molar-refractivity contribution in [3.63, 3.8) is 0 Å². The lowest BCUT2D eigenvalue weighted by Crippen LogP contribution is -2.55. The summed E-state index contributed by atoms with van der Waals surface area (Å²) in [7, 11) is 3.05. The second-order valence-corrected chi connectivity index (χ2v) is 9.89. The van der Waals surface area contributed by atoms with Gasteiger partial charge in [-0.1, -0.05) is 6.92 Å². The molecule has 3 heterocycles. The molecule has 0 unspecified atom stereocenters. The number of nitrogens with one attached hydrogen (secondary N) is 1. The van der Waals surface area contributed by atoms with E-state index in [9.17, 15) is 18.7 Å². The lowest BCUT2D eigenvalue weighted by molar-refractivity contribution is 0.0778. The van der Waals surface area contributed by atoms with Gasteiger partial charge in [0.15, 0.2) is 0 Å². The van der Waals surface area contributed by atoms with Gasteiger partial charge in [-0.25, -0.2) is 18.6 Å². The fourth-order valence-electron chi connectivity index (χ4n) is 5.66. The minimum absolute atomic E-state index is 0.0396. The van der Waals surface area contributed by atoms with Crippen LogP contribution in [0.1, 0.15) is 31.2 Å². The zero-order valence-electron chi connectivity index (χ0n) is 21.7. The minimum atomic E-state index is -0.928. The van der Waals surface area contributed by atoms with Crippen molar-refractivity contribution in [2.24, 2.45) is 11.7 Å². The largest absolute Gasteiger partial charge is 0.508 e. The van der Waals surface area contributed by atoms with Crippen LogP contribution in [-0.2, 0) is 4.74 Å². The number of imidazole rings is 1. The van der Waals surface area contributed by atoms with Crippen LogP contribution < -0.4 is 11.1 Å². The summed E-state index contributed by atoms with van der Waals surface area (Å²) in [6, 6.07) is 6.30. The number of likely N-dealkylation sites (N-methyl/N-ethyl adjacent to an activating group) is 1. The number of carbonyl (C=O) groups is 1. The molecule has 1 aliphatic rings. The maximum atomic E-state index is 14.5. The summed E-state index contributed by atoms with van der Waals surface area (Å²) >= 11 is 0. The Hall–Kier alpha value is -4.32. The highest BCUT2D eigenvalue weighted by Gasteiger charge is 2.39. The van der Waals surface area contributed by atoms with E-state index < -0.39 is 23.5 Å². The molecule has 4 aromatic rings. The summed E-state index contributed by atoms with van der Waals surface area (Å²) in [5, 5.41) is 17.2. The van der Waals surface area contributed by atoms with Gasteiger partial charge in [0, 0.05) is 31.4 Å². The van der Waals surface area contributed by atoms with E-state index in [0.29, 0.717) is 23.6 Å². The Bertz CT molecular complexity index is 1490. The normalized spacial score (nSPS) is 21.1. The standard InChI is InChI=1S/C27H29F2N7O3/c1-14-8-15(9-21(30)25(14)35(2)27(38)39-3)18-6-7-31-13-23(18)33-26-32-12-16-4-5-22(34-36(16)26)24-19(28)10-17(37)11-20(24)29/h4-7,10-15,21,25,37H,8-9,30H2,1-3H3,(H,32,33)/t14-,15+,21+,25-/m0/s1. The number of halogens is 2. The summed E-state index contributed by atoms with van der Waals surface area (Å²) in [6.07, 6.45) is 5.98. The van der Waals surface area contributed by atoms with Gasteiger partial charge in [-0.3, -0.25) is 4.98 Å². The Labute approximate surface area is 223 Å². The van der Waals surface area contributed by atoms with E-state index in [1.54, 1.807) is 36.6 Å². The highest BCUT2D eigenvalue weighted by Crippen LogP contribution is 2.40. The number of hydrogen-bond acceptors (Lipinski definition) is 8. The fraction of sp³-hybridized carbons (Fsp3) is 0.333. The van der Waals surface area contributed by atoms with Gasteiger partial charge in [0.25, 0.3) is 0 Å². The second kappa shape index (κ2) is 10.4. The molecule has 10 nitrogen and oxygen atoms in total. The van der Waals surface area contributed by atoms with Gasteiger partial charge >= 0.3 is 6.09 Å². The lowest BCUT2D eigenvalue weighted by atomic mass is 9.73. The van der Waals surface area contributed by atoms with Crippen LogP contribution in [0.3, 0.4) is 0 Å². The zero-order chi connectivity index (χ0) is 27.8. The van der Waals surface area contributed by atoms with E-state index in [2.05, 4.69) is 27.3 Å². The average molecular weight is 538 g/mol. The smallest absolute Gasteiger partial charge is 0.409 e. The van der Waals surface area contributed by atoms with Crippen LogP contribution in [0.15, 0.2) is 48.9 Å². The van der Waals surface area contributed by atoms with Crippen molar-refractivity contribution in [1.82, 2.24) is 24.5 Å². The van der Waals surface area contributed by atoms with Crippen molar-refractivity contribution in [3.8, 4) is 17.0 Å². The molecule has 0 bridgehead atoms. The first-order valence-electron chi connectivity index (χ1n) is 12.5. The quantitative estimate of drug-likeness (QED) is 0.341. The Balaban J connectivity index is 1.44. The molecule has 5 rings (SSSR count). The topological polar surface area (TPSA) is 131 Å². The van der Waals surface area contributed by atoms with E-state index in [0.717, 1.165) is 24.1 Å². The predicted octanol–water partition coefficient (Wildman–Crippen LogP) is 4.43. The molecule has 12 heteroatoms. The number of nitrogens with zero attached hydrogens (tertiary/aromatic N) is 5. The molecule has 0 radical (unpaired) electrons. The van der Waals surface area contributed by atoms with Crippen LogP contribution in [0.25, 0.3) is 16.8 Å². The number of carbonyl (C=O) groups excluding carboxylic acids is 1. The van der Waals surface area contributed by atoms with Gasteiger partial charge in [0.1, 0.15) is 17.4 Å². The first-order valence-corrected chi connectivity index (χ1v) is 12.5. The number of fused-ring (bicyclic) bond motifs is 1. The summed E-state index contributed by atoms with van der Waals surface area (Å²) in [5.41, 5.74) is 8.54. The Morgan fingerprint density at radius 2 is 1.95 bits per heavy atom. The number of methoxy groups -OCH3 is 1. The van der Waals surface area contributed by atoms with Gasteiger partial charge in [-0.2, -0.15) is 9.61 Å². The number of aromatic nitrogens is 4. The number of anilines is 2. The van der Waals surface area contributed by atoms with E-state index in [4.69, 9.17) is 10.5 Å². The van der Waals surface area contributed by atoms with Crippen molar-refractivity contribution >= 4 is 23.2 Å². The van der Waals surface area contributed by atoms with E-state index in [-0.39, 0.29) is 35.2 Å². The highest BCUT2D eigenvalue weighted by atomic mass is 19.1. The fourth-order valence-corrected chi connectivity index (χ4v) is 5.66. The molecule has 3 aromatic heterocycles. The summed E-state index contributed by atoms with van der Waals surface area (Å²) in [5.74, 6) is -1.85. The molecule has 1 aromatic carbocycles. The number of pyridine rings is 1. The van der Waals surface area contributed by atoms with Crippen LogP contribution in [0, 0.1) is 17.6 Å². The number of nitrogens with two attached hydrogens (primary N) is 1. The molecule has 1 saturated carbocycles. The molecule has 0 spiro atoms. The Morgan fingerprint density at radius 3 is 2.64 bits per heavy atom. The summed E-state index contributed by atoms with van der Waals surface area (Å²) in [4.78, 5) is 22.4. The molecule has 1 aliphatic carbocycles. The first-order chi connectivity index (χ1) is 18.7. The number of phenols is 1. The van der Waals surface area contributed by atoms with Crippen molar-refractivity contribution < 1.29 is 23.4 Å². The monoisotopic (exact) mass is 537 g/mol. The zero-order valence-corrected chi connectivity index (χ0v) is 21.7. The predicted molar refractivity (Wildman–Crippen MR) is 141 cm³/mol. The van der Waals surface area contributed by atoms with Gasteiger partial charge < -0.3 is 25.8 Å². The summed E-state index contributed by atoms with van der Waals surface area (Å²) in [6.45, 7) is 2.07. The highest BCUT2D eigenvalue weighted by molar-refractivity contribution is 5.68. The molecule has 4 atom stereocenters. The van der Waals surface area contributed by atoms with Crippen LogP contribution in [0.4, 0.5) is 25.2 Å². The number of hydrogen-bond donors (Lipinski definition) is 3. The first kappa shape index (κ1) is 26.3. The summed E-state index contributed by atoms with van der Waals surface area (Å²) < 4.78 is 35.4. The number of ether oxygens (including phenoxy) is 1. The van der Waals surface area contributed by atoms with Crippen molar-refractivity contribution in [2.75, 3.05) is 19.5 Å². The molecular weight excluding hydrogens is 508 g/mol. The van der Waals surface area contributed by atoms with Gasteiger partial charge in [0.05, 0.1) is 48.0 Å². The number of benzene rings is 1. The SMILES string of the molecule is COC(=O)N(C)[C@@H]1[C@H](N)C[C@H](c2ccncc2Nc2ncc3ccc(-c4c(F)cc(O)cc4F)nn23)C[C@@H]1C. The minimum Gasteiger partial charge on any atom is -0.508 e.